The Labute approximate surface area is 90.9 Å². The number of hydrogen-bond donors (Lipinski definition) is 1. The maximum atomic E-state index is 13.1. The lowest BCUT2D eigenvalue weighted by Gasteiger charge is -2.08. The van der Waals surface area contributed by atoms with Gasteiger partial charge >= 0.3 is 0 Å². The lowest BCUT2D eigenvalue weighted by molar-refractivity contribution is 0.120. The van der Waals surface area contributed by atoms with Crippen LogP contribution in [0, 0.1) is 17.5 Å². The topological polar surface area (TPSA) is 35.2 Å². The van der Waals surface area contributed by atoms with Crippen molar-refractivity contribution in [2.75, 3.05) is 0 Å². The van der Waals surface area contributed by atoms with E-state index in [1.165, 1.54) is 0 Å². The number of nitrogens with two attached hydrogens (primary N) is 1. The van der Waals surface area contributed by atoms with Crippen LogP contribution in [-0.4, -0.2) is 0 Å². The van der Waals surface area contributed by atoms with Crippen molar-refractivity contribution in [2.24, 2.45) is 5.90 Å². The second kappa shape index (κ2) is 4.48. The second-order valence-electron chi connectivity index (χ2n) is 2.36. The molecule has 0 fully saturated rings. The van der Waals surface area contributed by atoms with Crippen molar-refractivity contribution in [3.05, 3.63) is 32.5 Å². The van der Waals surface area contributed by atoms with Gasteiger partial charge in [-0.05, 0) is 15.9 Å². The number of hydrogen-bond acceptors (Lipinski definition) is 2. The van der Waals surface area contributed by atoms with Crippen LogP contribution in [0.2, 0.25) is 5.02 Å². The molecule has 2 nitrogen and oxygen atoms in total. The molecule has 1 aromatic carbocycles. The summed E-state index contributed by atoms with van der Waals surface area (Å²) in [5.41, 5.74) is -0.452. The van der Waals surface area contributed by atoms with Crippen molar-refractivity contribution in [3.8, 4) is 0 Å². The average molecular weight is 290 g/mol. The monoisotopic (exact) mass is 289 g/mol. The lowest BCUT2D eigenvalue weighted by Crippen LogP contribution is -2.06. The molecule has 0 radical (unpaired) electrons. The molecule has 78 valence electrons. The van der Waals surface area contributed by atoms with Crippen molar-refractivity contribution in [3.63, 3.8) is 0 Å². The Morgan fingerprint density at radius 2 is 1.79 bits per heavy atom. The fourth-order valence-corrected chi connectivity index (χ4v) is 1.58. The molecule has 0 saturated heterocycles. The van der Waals surface area contributed by atoms with Gasteiger partial charge in [-0.15, -0.1) is 0 Å². The molecule has 1 rings (SSSR count). The second-order valence-corrected chi connectivity index (χ2v) is 3.53. The first-order valence-electron chi connectivity index (χ1n) is 3.32. The minimum atomic E-state index is -1.36. The largest absolute Gasteiger partial charge is 0.300 e. The van der Waals surface area contributed by atoms with Gasteiger partial charge in [0, 0.05) is 5.56 Å². The van der Waals surface area contributed by atoms with Gasteiger partial charge < -0.3 is 0 Å². The average Bonchev–Trinajstić information content (AvgIpc) is 2.19. The summed E-state index contributed by atoms with van der Waals surface area (Å²) in [4.78, 5) is 4.07. The molecule has 0 aromatic heterocycles. The first-order chi connectivity index (χ1) is 6.50. The van der Waals surface area contributed by atoms with Crippen LogP contribution in [0.25, 0.3) is 0 Å². The van der Waals surface area contributed by atoms with Gasteiger partial charge in [-0.3, -0.25) is 4.84 Å². The summed E-state index contributed by atoms with van der Waals surface area (Å²) in [5.74, 6) is 0.923. The van der Waals surface area contributed by atoms with Crippen LogP contribution < -0.4 is 5.90 Å². The van der Waals surface area contributed by atoms with E-state index in [9.17, 15) is 13.2 Å². The maximum absolute atomic E-state index is 13.1. The summed E-state index contributed by atoms with van der Waals surface area (Å²) >= 11 is 7.93. The van der Waals surface area contributed by atoms with Crippen molar-refractivity contribution < 1.29 is 18.0 Å². The molecule has 0 amide bonds. The van der Waals surface area contributed by atoms with Crippen molar-refractivity contribution >= 4 is 27.5 Å². The summed E-state index contributed by atoms with van der Waals surface area (Å²) in [5, 5.41) is -0.554. The molecule has 0 atom stereocenters. The summed E-state index contributed by atoms with van der Waals surface area (Å²) < 4.78 is 38.5. The fourth-order valence-electron chi connectivity index (χ4n) is 0.860. The van der Waals surface area contributed by atoms with Crippen LogP contribution in [0.15, 0.2) is 4.47 Å². The van der Waals surface area contributed by atoms with Crippen LogP contribution in [-0.2, 0) is 11.4 Å². The smallest absolute Gasteiger partial charge is 0.176 e. The molecule has 0 unspecified atom stereocenters. The normalized spacial score (nSPS) is 10.7. The highest BCUT2D eigenvalue weighted by molar-refractivity contribution is 9.10. The van der Waals surface area contributed by atoms with E-state index in [4.69, 9.17) is 11.6 Å². The molecule has 0 aliphatic heterocycles. The fraction of sp³-hybridized carbons (Fsp3) is 0.143. The zero-order valence-corrected chi connectivity index (χ0v) is 8.92. The Morgan fingerprint density at radius 3 is 2.29 bits per heavy atom. The van der Waals surface area contributed by atoms with E-state index in [0.29, 0.717) is 0 Å². The summed E-state index contributed by atoms with van der Waals surface area (Å²) in [6.45, 7) is -0.508. The third kappa shape index (κ3) is 1.88. The quantitative estimate of drug-likeness (QED) is 0.516. The molecule has 0 spiro atoms. The third-order valence-corrected chi connectivity index (χ3v) is 2.62. The first kappa shape index (κ1) is 11.8. The predicted octanol–water partition coefficient (Wildman–Crippen LogP) is 2.91. The van der Waals surface area contributed by atoms with Gasteiger partial charge in [0.25, 0.3) is 0 Å². The molecule has 1 aromatic rings. The highest BCUT2D eigenvalue weighted by atomic mass is 79.9. The van der Waals surface area contributed by atoms with Crippen LogP contribution in [0.4, 0.5) is 13.2 Å². The number of halogens is 5. The Hall–Kier alpha value is -0.300. The van der Waals surface area contributed by atoms with Crippen LogP contribution in [0.1, 0.15) is 5.56 Å². The van der Waals surface area contributed by atoms with Gasteiger partial charge in [-0.25, -0.2) is 19.1 Å². The van der Waals surface area contributed by atoms with E-state index in [-0.39, 0.29) is 0 Å². The van der Waals surface area contributed by atoms with Gasteiger partial charge in [-0.2, -0.15) is 0 Å². The van der Waals surface area contributed by atoms with Gasteiger partial charge in [-0.1, -0.05) is 11.6 Å². The SMILES string of the molecule is NOCc1c(F)c(F)c(Br)c(F)c1Cl. The zero-order chi connectivity index (χ0) is 10.9. The molecular formula is C7H4BrClF3NO. The molecule has 0 aliphatic rings. The van der Waals surface area contributed by atoms with Crippen LogP contribution >= 0.6 is 27.5 Å². The van der Waals surface area contributed by atoms with Crippen LogP contribution in [0.5, 0.6) is 0 Å². The van der Waals surface area contributed by atoms with Gasteiger partial charge in [0.2, 0.25) is 0 Å². The van der Waals surface area contributed by atoms with Crippen molar-refractivity contribution in [1.29, 1.82) is 0 Å². The molecular weight excluding hydrogens is 286 g/mol. The lowest BCUT2D eigenvalue weighted by atomic mass is 10.2. The molecule has 2 N–H and O–H groups in total. The minimum absolute atomic E-state index is 0.452. The van der Waals surface area contributed by atoms with E-state index in [1.807, 2.05) is 0 Å². The molecule has 7 heteroatoms. The molecule has 0 bridgehead atoms. The van der Waals surface area contributed by atoms with Gasteiger partial charge in [0.1, 0.15) is 0 Å². The molecule has 0 heterocycles. The first-order valence-corrected chi connectivity index (χ1v) is 4.49. The van der Waals surface area contributed by atoms with Crippen molar-refractivity contribution in [2.45, 2.75) is 6.61 Å². The van der Waals surface area contributed by atoms with E-state index >= 15 is 0 Å². The predicted molar refractivity (Wildman–Crippen MR) is 48.0 cm³/mol. The van der Waals surface area contributed by atoms with Gasteiger partial charge in [0.05, 0.1) is 16.1 Å². The number of benzene rings is 1. The molecule has 14 heavy (non-hydrogen) atoms. The molecule has 0 aliphatic carbocycles. The zero-order valence-electron chi connectivity index (χ0n) is 6.58. The third-order valence-electron chi connectivity index (χ3n) is 1.53. The van der Waals surface area contributed by atoms with Gasteiger partial charge in [0.15, 0.2) is 17.5 Å². The number of rotatable bonds is 2. The summed E-state index contributed by atoms with van der Waals surface area (Å²) in [7, 11) is 0. The Bertz CT molecular complexity index is 345. The highest BCUT2D eigenvalue weighted by Gasteiger charge is 2.22. The van der Waals surface area contributed by atoms with E-state index < -0.39 is 39.1 Å². The van der Waals surface area contributed by atoms with E-state index in [0.717, 1.165) is 0 Å². The minimum Gasteiger partial charge on any atom is -0.300 e. The maximum Gasteiger partial charge on any atom is 0.176 e. The summed E-state index contributed by atoms with van der Waals surface area (Å²) in [6, 6.07) is 0. The Morgan fingerprint density at radius 1 is 1.21 bits per heavy atom. The van der Waals surface area contributed by atoms with Crippen molar-refractivity contribution in [1.82, 2.24) is 0 Å². The van der Waals surface area contributed by atoms with Crippen LogP contribution in [0.3, 0.4) is 0 Å². The summed E-state index contributed by atoms with van der Waals surface area (Å²) in [6.07, 6.45) is 0. The highest BCUT2D eigenvalue weighted by Crippen LogP contribution is 2.32. The Balaban J connectivity index is 3.43. The van der Waals surface area contributed by atoms with E-state index in [1.54, 1.807) is 0 Å². The molecule has 0 saturated carbocycles. The standard InChI is InChI=1S/C7H4BrClF3NO/c8-3-6(11)4(9)2(1-14-13)5(10)7(3)12/h1,13H2. The Kier molecular flexibility index (Phi) is 3.77. The van der Waals surface area contributed by atoms with E-state index in [2.05, 4.69) is 26.7 Å².